The summed E-state index contributed by atoms with van der Waals surface area (Å²) in [5.41, 5.74) is 6.04. The van der Waals surface area contributed by atoms with Gasteiger partial charge >= 0.3 is 0 Å². The summed E-state index contributed by atoms with van der Waals surface area (Å²) < 4.78 is 3.40. The normalized spacial score (nSPS) is 16.4. The molecular formula is C30H33ClN6O2. The topological polar surface area (TPSA) is 75.7 Å². The Balaban J connectivity index is 0.00000308. The third-order valence-corrected chi connectivity index (χ3v) is 7.67. The standard InChI is InChI=1S/C30H32N6O2.ClH/c1-33-17-19-34(20-18-33)28(38)21-23-11-5-6-12-25(23)36-27(37)15-14-24(31-36)29-26-13-7-8-16-35(26)32-30(29)22-9-3-2-4-10-22;/h2-4,7-10,13-16H,5-6,11-12,17-21H2,1H3;1H. The predicted molar refractivity (Wildman–Crippen MR) is 156 cm³/mol. The van der Waals surface area contributed by atoms with Crippen molar-refractivity contribution < 1.29 is 4.79 Å². The van der Waals surface area contributed by atoms with Crippen LogP contribution < -0.4 is 5.56 Å². The number of likely N-dealkylation sites (N-methyl/N-ethyl adjacent to an activating group) is 1. The van der Waals surface area contributed by atoms with Gasteiger partial charge in [-0.2, -0.15) is 10.2 Å². The summed E-state index contributed by atoms with van der Waals surface area (Å²) in [7, 11) is 2.09. The summed E-state index contributed by atoms with van der Waals surface area (Å²) in [4.78, 5) is 30.6. The van der Waals surface area contributed by atoms with Crippen molar-refractivity contribution in [3.63, 3.8) is 0 Å². The van der Waals surface area contributed by atoms with Gasteiger partial charge in [0, 0.05) is 56.1 Å². The van der Waals surface area contributed by atoms with Gasteiger partial charge in [0.1, 0.15) is 5.69 Å². The van der Waals surface area contributed by atoms with Crippen molar-refractivity contribution in [3.8, 4) is 22.5 Å². The highest BCUT2D eigenvalue weighted by molar-refractivity contribution is 5.90. The van der Waals surface area contributed by atoms with E-state index in [2.05, 4.69) is 11.9 Å². The molecule has 39 heavy (non-hydrogen) atoms. The molecule has 3 aromatic heterocycles. The van der Waals surface area contributed by atoms with Crippen molar-refractivity contribution in [1.82, 2.24) is 29.2 Å². The summed E-state index contributed by atoms with van der Waals surface area (Å²) in [5, 5.41) is 9.78. The number of allylic oxidation sites excluding steroid dienone is 1. The van der Waals surface area contributed by atoms with Crippen LogP contribution in [0.3, 0.4) is 0 Å². The van der Waals surface area contributed by atoms with Crippen LogP contribution in [0.4, 0.5) is 0 Å². The minimum Gasteiger partial charge on any atom is -0.340 e. The van der Waals surface area contributed by atoms with E-state index in [4.69, 9.17) is 10.2 Å². The molecule has 1 fully saturated rings. The molecule has 1 aliphatic carbocycles. The number of carbonyl (C=O) groups is 1. The van der Waals surface area contributed by atoms with Crippen LogP contribution in [0.5, 0.6) is 0 Å². The number of aromatic nitrogens is 4. The van der Waals surface area contributed by atoms with Gasteiger partial charge in [-0.1, -0.05) is 36.4 Å². The predicted octanol–water partition coefficient (Wildman–Crippen LogP) is 4.60. The lowest BCUT2D eigenvalue weighted by Gasteiger charge is -2.33. The molecule has 0 saturated carbocycles. The van der Waals surface area contributed by atoms with Crippen LogP contribution in [-0.2, 0) is 4.79 Å². The lowest BCUT2D eigenvalue weighted by Crippen LogP contribution is -2.47. The summed E-state index contributed by atoms with van der Waals surface area (Å²) in [5.74, 6) is 0.144. The van der Waals surface area contributed by atoms with E-state index in [1.807, 2.05) is 64.1 Å². The molecule has 1 amide bonds. The smallest absolute Gasteiger partial charge is 0.271 e. The van der Waals surface area contributed by atoms with Crippen molar-refractivity contribution in [2.45, 2.75) is 32.1 Å². The van der Waals surface area contributed by atoms with Gasteiger partial charge in [0.15, 0.2) is 0 Å². The lowest BCUT2D eigenvalue weighted by molar-refractivity contribution is -0.132. The average Bonchev–Trinajstić information content (AvgIpc) is 3.34. The quantitative estimate of drug-likeness (QED) is 0.367. The Labute approximate surface area is 234 Å². The zero-order valence-corrected chi connectivity index (χ0v) is 22.9. The molecule has 0 spiro atoms. The zero-order chi connectivity index (χ0) is 26.1. The second kappa shape index (κ2) is 11.6. The van der Waals surface area contributed by atoms with Gasteiger partial charge < -0.3 is 9.80 Å². The molecule has 1 aliphatic heterocycles. The molecule has 4 aromatic rings. The Morgan fingerprint density at radius 1 is 0.872 bits per heavy atom. The van der Waals surface area contributed by atoms with Crippen molar-refractivity contribution in [1.29, 1.82) is 0 Å². The molecule has 9 heteroatoms. The van der Waals surface area contributed by atoms with E-state index in [0.29, 0.717) is 12.1 Å². The van der Waals surface area contributed by atoms with Crippen LogP contribution >= 0.6 is 12.4 Å². The van der Waals surface area contributed by atoms with Crippen LogP contribution in [0, 0.1) is 0 Å². The molecule has 0 N–H and O–H groups in total. The first kappa shape index (κ1) is 26.8. The van der Waals surface area contributed by atoms with Gasteiger partial charge in [-0.05, 0) is 56.5 Å². The number of rotatable bonds is 5. The summed E-state index contributed by atoms with van der Waals surface area (Å²) >= 11 is 0. The molecule has 6 rings (SSSR count). The molecule has 8 nitrogen and oxygen atoms in total. The monoisotopic (exact) mass is 544 g/mol. The number of hydrogen-bond acceptors (Lipinski definition) is 5. The van der Waals surface area contributed by atoms with Crippen LogP contribution in [0.15, 0.2) is 77.2 Å². The second-order valence-corrected chi connectivity index (χ2v) is 10.2. The van der Waals surface area contributed by atoms with Gasteiger partial charge in [-0.15, -0.1) is 12.4 Å². The van der Waals surface area contributed by atoms with Crippen LogP contribution in [0.25, 0.3) is 33.7 Å². The largest absolute Gasteiger partial charge is 0.340 e. The molecule has 1 aromatic carbocycles. The number of pyridine rings is 1. The van der Waals surface area contributed by atoms with Gasteiger partial charge in [0.05, 0.1) is 16.8 Å². The number of benzene rings is 1. The number of piperazine rings is 1. The molecule has 4 heterocycles. The molecule has 2 aliphatic rings. The van der Waals surface area contributed by atoms with Crippen molar-refractivity contribution in [2.75, 3.05) is 33.2 Å². The number of fused-ring (bicyclic) bond motifs is 1. The first-order chi connectivity index (χ1) is 18.6. The highest BCUT2D eigenvalue weighted by Gasteiger charge is 2.25. The van der Waals surface area contributed by atoms with Crippen LogP contribution in [-0.4, -0.2) is 68.3 Å². The molecule has 0 unspecified atom stereocenters. The minimum atomic E-state index is -0.173. The third-order valence-electron chi connectivity index (χ3n) is 7.67. The third kappa shape index (κ3) is 5.40. The summed E-state index contributed by atoms with van der Waals surface area (Å²) in [6.07, 6.45) is 5.83. The molecule has 0 atom stereocenters. The van der Waals surface area contributed by atoms with E-state index < -0.39 is 0 Å². The Morgan fingerprint density at radius 3 is 2.41 bits per heavy atom. The van der Waals surface area contributed by atoms with Gasteiger partial charge in [-0.25, -0.2) is 9.20 Å². The molecule has 0 bridgehead atoms. The van der Waals surface area contributed by atoms with Gasteiger partial charge in [0.2, 0.25) is 5.91 Å². The molecule has 202 valence electrons. The van der Waals surface area contributed by atoms with E-state index in [9.17, 15) is 9.59 Å². The minimum absolute atomic E-state index is 0. The van der Waals surface area contributed by atoms with E-state index >= 15 is 0 Å². The molecular weight excluding hydrogens is 512 g/mol. The Bertz CT molecular complexity index is 1570. The maximum absolute atomic E-state index is 13.2. The van der Waals surface area contributed by atoms with Crippen molar-refractivity contribution in [3.05, 3.63) is 82.8 Å². The molecule has 0 radical (unpaired) electrons. The van der Waals surface area contributed by atoms with Crippen LogP contribution in [0.1, 0.15) is 32.1 Å². The fourth-order valence-electron chi connectivity index (χ4n) is 5.54. The maximum Gasteiger partial charge on any atom is 0.271 e. The number of amides is 1. The first-order valence-corrected chi connectivity index (χ1v) is 13.4. The van der Waals surface area contributed by atoms with Gasteiger partial charge in [0.25, 0.3) is 5.56 Å². The second-order valence-electron chi connectivity index (χ2n) is 10.2. The fourth-order valence-corrected chi connectivity index (χ4v) is 5.54. The van der Waals surface area contributed by atoms with E-state index in [-0.39, 0.29) is 23.9 Å². The summed E-state index contributed by atoms with van der Waals surface area (Å²) in [6.45, 7) is 3.29. The Kier molecular flexibility index (Phi) is 7.95. The fraction of sp³-hybridized carbons (Fsp3) is 0.333. The Hall–Kier alpha value is -3.75. The number of hydrogen-bond donors (Lipinski definition) is 0. The highest BCUT2D eigenvalue weighted by atomic mass is 35.5. The van der Waals surface area contributed by atoms with E-state index in [0.717, 1.165) is 85.5 Å². The number of halogens is 1. The maximum atomic E-state index is 13.2. The van der Waals surface area contributed by atoms with Crippen LogP contribution in [0.2, 0.25) is 0 Å². The Morgan fingerprint density at radius 2 is 1.62 bits per heavy atom. The highest BCUT2D eigenvalue weighted by Crippen LogP contribution is 2.35. The van der Waals surface area contributed by atoms with E-state index in [1.165, 1.54) is 0 Å². The number of carbonyl (C=O) groups excluding carboxylic acids is 1. The van der Waals surface area contributed by atoms with Crippen molar-refractivity contribution >= 4 is 29.5 Å². The lowest BCUT2D eigenvalue weighted by atomic mass is 9.93. The first-order valence-electron chi connectivity index (χ1n) is 13.4. The summed E-state index contributed by atoms with van der Waals surface area (Å²) in [6, 6.07) is 19.4. The van der Waals surface area contributed by atoms with Gasteiger partial charge in [-0.3, -0.25) is 9.59 Å². The number of nitrogens with zero attached hydrogens (tertiary/aromatic N) is 6. The van der Waals surface area contributed by atoms with E-state index in [1.54, 1.807) is 16.8 Å². The zero-order valence-electron chi connectivity index (χ0n) is 22.1. The van der Waals surface area contributed by atoms with Crippen molar-refractivity contribution in [2.24, 2.45) is 0 Å². The SMILES string of the molecule is CN1CCN(C(=O)CC2=C(n3nc(-c4c(-c5ccccc5)nn5ccccc45)ccc3=O)CCCC2)CC1.Cl. The average molecular weight is 545 g/mol. The molecule has 1 saturated heterocycles.